The Balaban J connectivity index is 0.000000170. The van der Waals surface area contributed by atoms with Gasteiger partial charge in [0.05, 0.1) is 64.0 Å². The Kier molecular flexibility index (Phi) is 18.0. The first-order valence-corrected chi connectivity index (χ1v) is 23.8. The van der Waals surface area contributed by atoms with Gasteiger partial charge in [-0.3, -0.25) is 0 Å². The standard InChI is InChI=1S/3C20H20N2O4/c3*1-24-17-9-13(10-18(25-2)19(17)26-3)16-8-14(11-22-20(16)21)12-5-4-6-15(23)7-12/h3*4-11,23H,1-3H3,(H2,21,22). The fourth-order valence-corrected chi connectivity index (χ4v) is 8.36. The number of nitrogens with two attached hydrogens (primary N) is 3. The van der Waals surface area contributed by atoms with Crippen LogP contribution in [-0.2, 0) is 0 Å². The average molecular weight is 1060 g/mol. The molecule has 3 heterocycles. The molecule has 0 radical (unpaired) electrons. The molecule has 0 fully saturated rings. The van der Waals surface area contributed by atoms with Crippen LogP contribution in [0.3, 0.4) is 0 Å². The van der Waals surface area contributed by atoms with Crippen molar-refractivity contribution in [2.24, 2.45) is 0 Å². The number of anilines is 3. The molecule has 78 heavy (non-hydrogen) atoms. The number of hydrogen-bond donors (Lipinski definition) is 6. The first-order chi connectivity index (χ1) is 37.7. The van der Waals surface area contributed by atoms with Crippen LogP contribution in [0.25, 0.3) is 66.8 Å². The van der Waals surface area contributed by atoms with E-state index in [9.17, 15) is 15.3 Å². The molecule has 0 saturated heterocycles. The van der Waals surface area contributed by atoms with Gasteiger partial charge in [-0.2, -0.15) is 0 Å². The normalized spacial score (nSPS) is 10.4. The van der Waals surface area contributed by atoms with Crippen molar-refractivity contribution in [2.75, 3.05) is 81.2 Å². The summed E-state index contributed by atoms with van der Waals surface area (Å²) in [7, 11) is 14.0. The molecule has 402 valence electrons. The fraction of sp³-hybridized carbons (Fsp3) is 0.150. The van der Waals surface area contributed by atoms with Gasteiger partial charge in [0.1, 0.15) is 34.7 Å². The quantitative estimate of drug-likeness (QED) is 0.0557. The zero-order valence-corrected chi connectivity index (χ0v) is 44.4. The number of pyridine rings is 3. The number of phenolic OH excluding ortho intramolecular Hbond substituents is 3. The summed E-state index contributed by atoms with van der Waals surface area (Å²) in [4.78, 5) is 12.9. The van der Waals surface area contributed by atoms with Gasteiger partial charge in [-0.25, -0.2) is 15.0 Å². The summed E-state index contributed by atoms with van der Waals surface area (Å²) in [5.41, 5.74) is 27.9. The van der Waals surface area contributed by atoms with Gasteiger partial charge >= 0.3 is 0 Å². The van der Waals surface area contributed by atoms with Crippen LogP contribution in [0.2, 0.25) is 0 Å². The third kappa shape index (κ3) is 12.5. The van der Waals surface area contributed by atoms with Crippen molar-refractivity contribution in [2.45, 2.75) is 0 Å². The number of rotatable bonds is 15. The molecule has 0 aliphatic rings. The third-order valence-electron chi connectivity index (χ3n) is 12.2. The van der Waals surface area contributed by atoms with E-state index in [0.717, 1.165) is 66.8 Å². The molecule has 0 atom stereocenters. The van der Waals surface area contributed by atoms with Crippen LogP contribution >= 0.6 is 0 Å². The molecule has 3 aromatic heterocycles. The van der Waals surface area contributed by atoms with Gasteiger partial charge in [-0.1, -0.05) is 36.4 Å². The van der Waals surface area contributed by atoms with Crippen LogP contribution in [0.5, 0.6) is 69.0 Å². The van der Waals surface area contributed by atoms with Gasteiger partial charge in [-0.05, 0) is 124 Å². The van der Waals surface area contributed by atoms with Crippen LogP contribution in [-0.4, -0.2) is 94.3 Å². The lowest BCUT2D eigenvalue weighted by Crippen LogP contribution is -1.98. The number of aromatic nitrogens is 3. The molecule has 0 bridgehead atoms. The second-order valence-corrected chi connectivity index (χ2v) is 16.9. The second kappa shape index (κ2) is 25.3. The Hall–Kier alpha value is -10.2. The molecule has 0 aliphatic heterocycles. The molecule has 6 aromatic carbocycles. The van der Waals surface area contributed by atoms with Crippen LogP contribution in [0.1, 0.15) is 0 Å². The number of benzene rings is 6. The fourth-order valence-electron chi connectivity index (χ4n) is 8.36. The Morgan fingerprint density at radius 3 is 0.705 bits per heavy atom. The number of nitrogen functional groups attached to an aromatic ring is 3. The minimum atomic E-state index is 0.189. The second-order valence-electron chi connectivity index (χ2n) is 16.9. The summed E-state index contributed by atoms with van der Waals surface area (Å²) >= 11 is 0. The Labute approximate surface area is 451 Å². The highest BCUT2D eigenvalue weighted by Gasteiger charge is 2.20. The highest BCUT2D eigenvalue weighted by Crippen LogP contribution is 2.46. The summed E-state index contributed by atoms with van der Waals surface area (Å²) < 4.78 is 48.6. The average Bonchev–Trinajstić information content (AvgIpc) is 3.49. The number of nitrogens with zero attached hydrogens (tertiary/aromatic N) is 3. The predicted octanol–water partition coefficient (Wildman–Crippen LogP) is 11.2. The van der Waals surface area contributed by atoms with Crippen molar-refractivity contribution in [3.63, 3.8) is 0 Å². The van der Waals surface area contributed by atoms with E-state index < -0.39 is 0 Å². The minimum absolute atomic E-state index is 0.189. The SMILES string of the molecule is COc1cc(-c2cc(-c3cccc(O)c3)cnc2N)cc(OC)c1OC.COc1cc(-c2cc(-c3cccc(O)c3)cnc2N)cc(OC)c1OC.COc1cc(-c2cc(-c3cccc(O)c3)cnc2N)cc(OC)c1OC. The Bertz CT molecular complexity index is 3110. The molecule has 9 rings (SSSR count). The third-order valence-corrected chi connectivity index (χ3v) is 12.2. The van der Waals surface area contributed by atoms with E-state index >= 15 is 0 Å². The lowest BCUT2D eigenvalue weighted by molar-refractivity contribution is 0.324. The van der Waals surface area contributed by atoms with Crippen molar-refractivity contribution < 1.29 is 58.0 Å². The minimum Gasteiger partial charge on any atom is -0.508 e. The van der Waals surface area contributed by atoms with E-state index in [2.05, 4.69) is 15.0 Å². The summed E-state index contributed by atoms with van der Waals surface area (Å²) in [5, 5.41) is 29.2. The van der Waals surface area contributed by atoms with E-state index in [4.69, 9.17) is 59.8 Å². The van der Waals surface area contributed by atoms with E-state index in [-0.39, 0.29) is 17.2 Å². The summed E-state index contributed by atoms with van der Waals surface area (Å²) in [5.74, 6) is 6.41. The van der Waals surface area contributed by atoms with Crippen LogP contribution in [0.4, 0.5) is 17.5 Å². The molecule has 18 heteroatoms. The molecule has 18 nitrogen and oxygen atoms in total. The van der Waals surface area contributed by atoms with Crippen LogP contribution in [0, 0.1) is 0 Å². The molecule has 0 saturated carbocycles. The maximum absolute atomic E-state index is 9.72. The van der Waals surface area contributed by atoms with Crippen molar-refractivity contribution in [1.29, 1.82) is 0 Å². The summed E-state index contributed by atoms with van der Waals surface area (Å²) in [6.45, 7) is 0. The van der Waals surface area contributed by atoms with Gasteiger partial charge < -0.3 is 75.2 Å². The van der Waals surface area contributed by atoms with Crippen LogP contribution < -0.4 is 59.8 Å². The largest absolute Gasteiger partial charge is 0.508 e. The zero-order valence-electron chi connectivity index (χ0n) is 44.4. The number of methoxy groups -OCH3 is 9. The van der Waals surface area contributed by atoms with Crippen molar-refractivity contribution in [3.8, 4) is 136 Å². The molecular formula is C60H60N6O12. The maximum atomic E-state index is 9.72. The van der Waals surface area contributed by atoms with Crippen LogP contribution in [0.15, 0.2) is 146 Å². The van der Waals surface area contributed by atoms with Gasteiger partial charge in [0.25, 0.3) is 0 Å². The van der Waals surface area contributed by atoms with Crippen molar-refractivity contribution in [1.82, 2.24) is 15.0 Å². The van der Waals surface area contributed by atoms with E-state index in [1.165, 1.54) is 0 Å². The zero-order chi connectivity index (χ0) is 56.0. The van der Waals surface area contributed by atoms with E-state index in [1.54, 1.807) is 137 Å². The monoisotopic (exact) mass is 1060 g/mol. The highest BCUT2D eigenvalue weighted by molar-refractivity contribution is 5.85. The van der Waals surface area contributed by atoms with Gasteiger partial charge in [0.2, 0.25) is 17.2 Å². The number of phenols is 3. The van der Waals surface area contributed by atoms with Gasteiger partial charge in [-0.15, -0.1) is 0 Å². The highest BCUT2D eigenvalue weighted by atomic mass is 16.5. The molecular weight excluding hydrogens is 997 g/mol. The first-order valence-electron chi connectivity index (χ1n) is 23.8. The molecule has 9 aromatic rings. The van der Waals surface area contributed by atoms with Gasteiger partial charge in [0.15, 0.2) is 34.5 Å². The summed E-state index contributed by atoms with van der Waals surface area (Å²) in [6.07, 6.45) is 5.02. The number of aromatic hydroxyl groups is 3. The maximum Gasteiger partial charge on any atom is 0.203 e. The molecule has 0 amide bonds. The number of ether oxygens (including phenoxy) is 9. The molecule has 0 unspecified atom stereocenters. The van der Waals surface area contributed by atoms with Gasteiger partial charge in [0, 0.05) is 52.0 Å². The lowest BCUT2D eigenvalue weighted by atomic mass is 10.00. The first kappa shape index (κ1) is 55.5. The van der Waals surface area contributed by atoms with Crippen molar-refractivity contribution >= 4 is 17.5 Å². The Morgan fingerprint density at radius 2 is 0.513 bits per heavy atom. The van der Waals surface area contributed by atoms with Crippen molar-refractivity contribution in [3.05, 3.63) is 146 Å². The lowest BCUT2D eigenvalue weighted by Gasteiger charge is -2.15. The predicted molar refractivity (Wildman–Crippen MR) is 303 cm³/mol. The molecule has 0 aliphatic carbocycles. The topological polar surface area (TPSA) is 260 Å². The van der Waals surface area contributed by atoms with E-state index in [0.29, 0.717) is 69.2 Å². The van der Waals surface area contributed by atoms with E-state index in [1.807, 2.05) is 72.8 Å². The molecule has 0 spiro atoms. The number of hydrogen-bond acceptors (Lipinski definition) is 18. The molecule has 9 N–H and O–H groups in total. The smallest absolute Gasteiger partial charge is 0.203 e. The Morgan fingerprint density at radius 1 is 0.282 bits per heavy atom. The summed E-state index contributed by atoms with van der Waals surface area (Å²) in [6, 6.07) is 37.6.